The van der Waals surface area contributed by atoms with Crippen molar-refractivity contribution in [1.82, 2.24) is 0 Å². The molecule has 666 valence electrons. The van der Waals surface area contributed by atoms with Gasteiger partial charge in [0, 0.05) is 107 Å². The molecule has 3 aliphatic heterocycles. The lowest BCUT2D eigenvalue weighted by Crippen LogP contribution is -2.76. The summed E-state index contributed by atoms with van der Waals surface area (Å²) in [7, 11) is 5.50. The molecule has 0 radical (unpaired) electrons. The van der Waals surface area contributed by atoms with Gasteiger partial charge in [0.25, 0.3) is 0 Å². The van der Waals surface area contributed by atoms with Gasteiger partial charge in [-0.1, -0.05) is 452 Å². The fraction of sp³-hybridized carbons (Fsp3) is 0.180. The molecule has 0 N–H and O–H groups in total. The second-order valence-corrected chi connectivity index (χ2v) is 36.6. The Labute approximate surface area is 874 Å². The van der Waals surface area contributed by atoms with Gasteiger partial charge in [0.1, 0.15) is 21.1 Å². The van der Waals surface area contributed by atoms with Crippen LogP contribution >= 0.6 is 0 Å². The van der Waals surface area contributed by atoms with Crippen molar-refractivity contribution in [2.24, 2.45) is 21.1 Å². The lowest BCUT2D eigenvalue weighted by Gasteiger charge is -2.36. The van der Waals surface area contributed by atoms with E-state index in [1.54, 1.807) is 207 Å². The van der Waals surface area contributed by atoms with Gasteiger partial charge in [-0.05, 0) is 208 Å². The first kappa shape index (κ1) is 56.0. The number of aryl methyl sites for hydroxylation is 17. The van der Waals surface area contributed by atoms with Gasteiger partial charge in [-0.3, -0.25) is 0 Å². The molecular weight excluding hydrogens is 1640 g/mol. The third-order valence-corrected chi connectivity index (χ3v) is 28.2. The molecule has 0 bridgehead atoms. The van der Waals surface area contributed by atoms with Crippen LogP contribution in [-0.4, -0.2) is 40.3 Å². The maximum atomic E-state index is 8.92. The molecule has 0 fully saturated rings. The van der Waals surface area contributed by atoms with Crippen LogP contribution in [0.1, 0.15) is 175 Å². The van der Waals surface area contributed by atoms with Gasteiger partial charge >= 0.3 is 0 Å². The summed E-state index contributed by atoms with van der Waals surface area (Å²) in [6, 6.07) is 92.6. The highest BCUT2D eigenvalue weighted by Gasteiger charge is 2.47. The summed E-state index contributed by atoms with van der Waals surface area (Å²) in [6.45, 7) is -30.2. The molecule has 6 heterocycles. The molecule has 0 spiro atoms. The Morgan fingerprint density at radius 3 is 0.803 bits per heavy atom. The Balaban J connectivity index is 0.000000161. The molecular formula is C128H124B6N3+3. The average molecular weight is 1810 g/mol. The Hall–Kier alpha value is -13.9. The van der Waals surface area contributed by atoms with Gasteiger partial charge < -0.3 is 0 Å². The van der Waals surface area contributed by atoms with Gasteiger partial charge in [0.15, 0.2) is 18.6 Å². The minimum Gasteiger partial charge on any atom is -0.201 e. The van der Waals surface area contributed by atoms with Crippen molar-refractivity contribution in [3.05, 3.63) is 446 Å². The van der Waals surface area contributed by atoms with Crippen molar-refractivity contribution in [2.45, 2.75) is 137 Å². The van der Waals surface area contributed by atoms with Crippen LogP contribution in [0.25, 0.3) is 67.2 Å². The van der Waals surface area contributed by atoms with E-state index in [0.717, 1.165) is 39.2 Å². The van der Waals surface area contributed by atoms with Crippen molar-refractivity contribution in [3.8, 4) is 67.2 Å². The van der Waals surface area contributed by atoms with Crippen LogP contribution in [0.4, 0.5) is 0 Å². The summed E-state index contributed by atoms with van der Waals surface area (Å²) in [5.74, 6) is -0.950. The molecule has 0 atom stereocenters. The lowest BCUT2D eigenvalue weighted by atomic mass is 9.20. The van der Waals surface area contributed by atoms with Gasteiger partial charge in [-0.25, -0.2) is 13.7 Å². The van der Waals surface area contributed by atoms with Crippen LogP contribution in [0.3, 0.4) is 0 Å². The highest BCUT2D eigenvalue weighted by atomic mass is 14.9. The molecule has 0 saturated carbocycles. The van der Waals surface area contributed by atoms with Crippen LogP contribution in [0.15, 0.2) is 346 Å². The molecule has 0 aliphatic carbocycles. The Kier molecular flexibility index (Phi) is 15.5. The molecule has 0 saturated heterocycles. The van der Waals surface area contributed by atoms with Crippen molar-refractivity contribution < 1.29 is 68.5 Å². The largest absolute Gasteiger partial charge is 0.241 e. The molecule has 0 unspecified atom stereocenters. The summed E-state index contributed by atoms with van der Waals surface area (Å²) in [5.41, 5.74) is 16.6. The van der Waals surface area contributed by atoms with E-state index in [9.17, 15) is 0 Å². The summed E-state index contributed by atoms with van der Waals surface area (Å²) >= 11 is 0. The zero-order valence-corrected chi connectivity index (χ0v) is 77.7. The van der Waals surface area contributed by atoms with Gasteiger partial charge in [0.05, 0.1) is 0 Å². The van der Waals surface area contributed by atoms with Gasteiger partial charge in [-0.15, -0.1) is 0 Å². The normalized spacial score (nSPS) is 17.9. The first-order valence-electron chi connectivity index (χ1n) is 66.0. The van der Waals surface area contributed by atoms with Crippen molar-refractivity contribution in [2.75, 3.05) is 0 Å². The molecule has 3 nitrogen and oxygen atoms in total. The van der Waals surface area contributed by atoms with Gasteiger partial charge in [-0.2, -0.15) is 0 Å². The zero-order chi connectivity index (χ0) is 129. The fourth-order valence-corrected chi connectivity index (χ4v) is 21.8. The molecule has 3 aliphatic rings. The number of benzene rings is 15. The minimum atomic E-state index is -2.80. The van der Waals surface area contributed by atoms with E-state index in [2.05, 4.69) is 0 Å². The maximum Gasteiger partial charge on any atom is 0.241 e. The topological polar surface area (TPSA) is 11.6 Å². The van der Waals surface area contributed by atoms with Crippen molar-refractivity contribution in [3.63, 3.8) is 0 Å². The van der Waals surface area contributed by atoms with E-state index < -0.39 is 135 Å². The zero-order valence-electron chi connectivity index (χ0n) is 118. The van der Waals surface area contributed by atoms with E-state index in [4.69, 9.17) is 54.8 Å². The quantitative estimate of drug-likeness (QED) is 0.0805. The molecule has 137 heavy (non-hydrogen) atoms. The molecule has 15 aromatic carbocycles. The number of hydrogen-bond acceptors (Lipinski definition) is 0. The molecule has 3 aromatic heterocycles. The Morgan fingerprint density at radius 2 is 0.504 bits per heavy atom. The second-order valence-electron chi connectivity index (χ2n) is 36.6. The smallest absolute Gasteiger partial charge is 0.201 e. The van der Waals surface area contributed by atoms with Crippen LogP contribution in [0.5, 0.6) is 0 Å². The molecule has 0 amide bonds. The fourth-order valence-electron chi connectivity index (χ4n) is 21.8. The van der Waals surface area contributed by atoms with E-state index >= 15 is 0 Å². The monoisotopic (exact) mass is 1810 g/mol. The maximum absolute atomic E-state index is 8.92. The molecule has 18 aromatic rings. The van der Waals surface area contributed by atoms with E-state index in [1.165, 1.54) is 79.0 Å². The predicted octanol–water partition coefficient (Wildman–Crippen LogP) is 15.9. The highest BCUT2D eigenvalue weighted by Crippen LogP contribution is 2.32. The van der Waals surface area contributed by atoms with Crippen molar-refractivity contribution in [1.29, 1.82) is 0 Å². The summed E-state index contributed by atoms with van der Waals surface area (Å²) in [5, 5.41) is 0. The number of rotatable bonds is 13. The highest BCUT2D eigenvalue weighted by molar-refractivity contribution is 7.14. The van der Waals surface area contributed by atoms with Gasteiger partial charge in [0.2, 0.25) is 57.4 Å². The van der Waals surface area contributed by atoms with E-state index in [0.29, 0.717) is 121 Å². The molecule has 9 heteroatoms. The minimum absolute atomic E-state index is 0.0542. The van der Waals surface area contributed by atoms with Crippen LogP contribution < -0.4 is 112 Å². The number of fused-ring (bicyclic) bond motifs is 6. The first-order valence-corrected chi connectivity index (χ1v) is 46.0. The summed E-state index contributed by atoms with van der Waals surface area (Å²) in [4.78, 5) is 0. The summed E-state index contributed by atoms with van der Waals surface area (Å²) < 4.78 is 355. The summed E-state index contributed by atoms with van der Waals surface area (Å²) in [6.07, 6.45) is 5.31. The Bertz CT molecular complexity index is 9270. The number of hydrogen-bond donors (Lipinski definition) is 0. The SMILES string of the molecule is [2H]C([2H])([2H])c1cc(-c2ccccc2)cc(C([2H])([2H])[2H])c1B1c2ccccc2B(c2c(C([2H])([2H])[2H])cccc2C([2H])([2H])[2H])c2c1ccc(-c1cc(C([2H])(C)C)cc[n+]1C)c2C.[2H]C([2H])([2H])c1cc(-c2ccccc2)cc(C([2H])([2H])[2H])c1B1c2ccccc2B(c2c(C([2H])([2H])[2H])cccc2C([2H])([2H])[2H])c2c1ccc(-c1cc(C)cc[n+]1C)c2C.[2H]C([2H])([2H])c1ccc(-c2ccc3c(c2C)B(c2c(C([2H])([2H])[2H])cccc2C([2H])([2H])[2H])c2ccccc2B3c2c(C([2H])([2H])[2H])cc(-c3ccccc3)cc2C([2H])([2H])[2H])[n+](C)c1. The standard InChI is InChI=1S/C44H44B2N.2C42H40B2N/c1-28(2)35-23-24-47(8)41(27-35)37-21-22-40-44(33(37)7)46(42-29(3)15-14-16-30(42)4)39-20-13-12-19-38(39)45(40)43-31(5)25-36(26-32(43)6)34-17-10-9-11-18-34;1-27-20-23-39(45(7)26-27)35-21-22-38-42(32(35)6)44(40-28(2)14-13-15-29(40)3)37-19-12-11-18-36(37)43(38)41-30(4)24-34(25-31(41)5)33-16-9-8-10-17-33;1-27-22-23-45(7)39(24-27)35-20-21-38-42(32(35)6)44(40-28(2)14-13-15-29(40)3)37-19-12-11-18-36(37)43(38)41-30(4)25-34(26-31(41)5)33-16-9-8-10-17-33/h9-28H,1-8H3;2*8-26H,1-7H3/q3*+1/i3D3,4D3,5D3,6D3,28D;1D3,2D3,3D3,4D3,5D3;2D3,3D3,4D3,5D3. The first-order chi connectivity index (χ1) is 82.2. The van der Waals surface area contributed by atoms with E-state index in [1.807, 2.05) is 136 Å². The van der Waals surface area contributed by atoms with Crippen molar-refractivity contribution >= 4 is 139 Å². The second kappa shape index (κ2) is 38.0. The number of pyridine rings is 3. The third kappa shape index (κ3) is 16.9. The number of nitrogens with zero attached hydrogens (tertiary/aromatic N) is 3. The van der Waals surface area contributed by atoms with E-state index in [-0.39, 0.29) is 105 Å². The van der Waals surface area contributed by atoms with Crippen LogP contribution in [-0.2, 0) is 21.1 Å². The number of aromatic nitrogens is 3. The third-order valence-electron chi connectivity index (χ3n) is 28.2. The Morgan fingerprint density at radius 1 is 0.219 bits per heavy atom. The van der Waals surface area contributed by atoms with Crippen LogP contribution in [0.2, 0.25) is 0 Å². The predicted molar refractivity (Wildman–Crippen MR) is 596 cm³/mol. The average Bonchev–Trinajstić information content (AvgIpc) is 0.703. The lowest BCUT2D eigenvalue weighted by molar-refractivity contribution is -0.660. The molecule has 21 rings (SSSR count). The van der Waals surface area contributed by atoms with Crippen LogP contribution in [0, 0.1) is 117 Å².